The van der Waals surface area contributed by atoms with Gasteiger partial charge in [0.15, 0.2) is 0 Å². The third kappa shape index (κ3) is 4.38. The highest BCUT2D eigenvalue weighted by atomic mass is 35.5. The molecule has 1 aromatic heterocycles. The van der Waals surface area contributed by atoms with E-state index in [9.17, 15) is 13.2 Å². The Bertz CT molecular complexity index is 1160. The number of hydrogen-bond acceptors (Lipinski definition) is 6. The second kappa shape index (κ2) is 8.95. The number of aryl methyl sites for hydroxylation is 1. The number of aromatic nitrogens is 2. The van der Waals surface area contributed by atoms with Crippen LogP contribution >= 0.6 is 11.6 Å². The van der Waals surface area contributed by atoms with Gasteiger partial charge in [0.2, 0.25) is 22.3 Å². The van der Waals surface area contributed by atoms with Crippen LogP contribution in [0.4, 0.5) is 5.69 Å². The minimum Gasteiger partial charge on any atom is -0.423 e. The first-order chi connectivity index (χ1) is 14.3. The Hall–Kier alpha value is -2.75. The van der Waals surface area contributed by atoms with E-state index in [2.05, 4.69) is 15.5 Å². The number of nitrogens with one attached hydrogen (secondary N) is 1. The first kappa shape index (κ1) is 21.9. The van der Waals surface area contributed by atoms with Crippen LogP contribution in [0.1, 0.15) is 29.8 Å². The van der Waals surface area contributed by atoms with E-state index >= 15 is 0 Å². The van der Waals surface area contributed by atoms with Crippen molar-refractivity contribution in [3.05, 3.63) is 58.9 Å². The summed E-state index contributed by atoms with van der Waals surface area (Å²) < 4.78 is 32.2. The lowest BCUT2D eigenvalue weighted by Crippen LogP contribution is -2.31. The smallest absolute Gasteiger partial charge is 0.255 e. The van der Waals surface area contributed by atoms with Crippen molar-refractivity contribution in [1.29, 1.82) is 0 Å². The zero-order valence-corrected chi connectivity index (χ0v) is 18.3. The van der Waals surface area contributed by atoms with Gasteiger partial charge < -0.3 is 9.73 Å². The summed E-state index contributed by atoms with van der Waals surface area (Å²) in [4.78, 5) is 12.7. The molecule has 0 aliphatic carbocycles. The monoisotopic (exact) mass is 448 g/mol. The average Bonchev–Trinajstić information content (AvgIpc) is 3.25. The van der Waals surface area contributed by atoms with Gasteiger partial charge in [-0.05, 0) is 42.8 Å². The third-order valence-corrected chi connectivity index (χ3v) is 7.14. The molecule has 1 amide bonds. The number of sulfonamides is 1. The fourth-order valence-corrected chi connectivity index (χ4v) is 4.89. The third-order valence-electron chi connectivity index (χ3n) is 4.61. The number of anilines is 1. The summed E-state index contributed by atoms with van der Waals surface area (Å²) in [5, 5.41) is 10.4. The summed E-state index contributed by atoms with van der Waals surface area (Å²) in [7, 11) is -3.81. The van der Waals surface area contributed by atoms with Crippen LogP contribution in [0.3, 0.4) is 0 Å². The number of hydrogen-bond donors (Lipinski definition) is 1. The molecule has 0 atom stereocenters. The summed E-state index contributed by atoms with van der Waals surface area (Å²) in [6, 6.07) is 9.51. The molecule has 0 saturated carbocycles. The van der Waals surface area contributed by atoms with Crippen LogP contribution in [-0.4, -0.2) is 41.9 Å². The van der Waals surface area contributed by atoms with Gasteiger partial charge in [-0.15, -0.1) is 10.2 Å². The van der Waals surface area contributed by atoms with Crippen molar-refractivity contribution in [3.8, 4) is 11.5 Å². The second-order valence-corrected chi connectivity index (χ2v) is 8.78. The number of halogens is 1. The molecule has 158 valence electrons. The second-order valence-electron chi connectivity index (χ2n) is 6.46. The van der Waals surface area contributed by atoms with Crippen LogP contribution < -0.4 is 5.32 Å². The van der Waals surface area contributed by atoms with Gasteiger partial charge in [-0.3, -0.25) is 4.79 Å². The maximum atomic E-state index is 12.9. The van der Waals surface area contributed by atoms with Crippen LogP contribution in [0.15, 0.2) is 52.1 Å². The predicted molar refractivity (Wildman–Crippen MR) is 114 cm³/mol. The Kier molecular flexibility index (Phi) is 6.55. The standard InChI is InChI=1S/C20H21ClN4O4S/c1-4-25(5-2)30(27,28)18-11-14(8-9-16(18)21)19(26)23-17-10-15(7-6-13(17)3)20-24-22-12-29-20/h6-12H,4-5H2,1-3H3,(H,23,26). The molecule has 0 fully saturated rings. The van der Waals surface area contributed by atoms with E-state index in [1.54, 1.807) is 26.0 Å². The molecule has 0 bridgehead atoms. The van der Waals surface area contributed by atoms with Crippen molar-refractivity contribution in [1.82, 2.24) is 14.5 Å². The van der Waals surface area contributed by atoms with E-state index in [0.717, 1.165) is 5.56 Å². The molecule has 1 heterocycles. The molecular weight excluding hydrogens is 428 g/mol. The van der Waals surface area contributed by atoms with Gasteiger partial charge in [0.1, 0.15) is 4.90 Å². The van der Waals surface area contributed by atoms with E-state index in [0.29, 0.717) is 30.2 Å². The lowest BCUT2D eigenvalue weighted by molar-refractivity contribution is 0.102. The average molecular weight is 449 g/mol. The highest BCUT2D eigenvalue weighted by Gasteiger charge is 2.25. The van der Waals surface area contributed by atoms with Gasteiger partial charge in [0.25, 0.3) is 5.91 Å². The Morgan fingerprint density at radius 2 is 1.90 bits per heavy atom. The number of benzene rings is 2. The summed E-state index contributed by atoms with van der Waals surface area (Å²) in [5.74, 6) is -0.141. The highest BCUT2D eigenvalue weighted by Crippen LogP contribution is 2.28. The minimum atomic E-state index is -3.81. The topological polar surface area (TPSA) is 105 Å². The summed E-state index contributed by atoms with van der Waals surface area (Å²) in [5.41, 5.74) is 2.18. The molecule has 0 aliphatic rings. The number of nitrogens with zero attached hydrogens (tertiary/aromatic N) is 3. The predicted octanol–water partition coefficient (Wildman–Crippen LogP) is 3.98. The quantitative estimate of drug-likeness (QED) is 0.586. The van der Waals surface area contributed by atoms with E-state index < -0.39 is 15.9 Å². The number of carbonyl (C=O) groups excluding carboxylic acids is 1. The minimum absolute atomic E-state index is 0.0630. The number of carbonyl (C=O) groups is 1. The van der Waals surface area contributed by atoms with Crippen LogP contribution in [-0.2, 0) is 10.0 Å². The van der Waals surface area contributed by atoms with Crippen LogP contribution in [0.5, 0.6) is 0 Å². The lowest BCUT2D eigenvalue weighted by atomic mass is 10.1. The summed E-state index contributed by atoms with van der Waals surface area (Å²) >= 11 is 6.15. The first-order valence-corrected chi connectivity index (χ1v) is 11.1. The normalized spacial score (nSPS) is 11.6. The molecular formula is C20H21ClN4O4S. The fourth-order valence-electron chi connectivity index (χ4n) is 2.93. The highest BCUT2D eigenvalue weighted by molar-refractivity contribution is 7.89. The Morgan fingerprint density at radius 3 is 2.53 bits per heavy atom. The molecule has 2 aromatic carbocycles. The molecule has 8 nitrogen and oxygen atoms in total. The Morgan fingerprint density at radius 1 is 1.17 bits per heavy atom. The molecule has 0 spiro atoms. The number of amides is 1. The Labute approximate surface area is 179 Å². The van der Waals surface area contributed by atoms with Gasteiger partial charge >= 0.3 is 0 Å². The summed E-state index contributed by atoms with van der Waals surface area (Å²) in [6.07, 6.45) is 1.22. The van der Waals surface area contributed by atoms with Crippen molar-refractivity contribution in [2.45, 2.75) is 25.7 Å². The van der Waals surface area contributed by atoms with Crippen molar-refractivity contribution < 1.29 is 17.6 Å². The van der Waals surface area contributed by atoms with Gasteiger partial charge in [-0.2, -0.15) is 4.31 Å². The molecule has 1 N–H and O–H groups in total. The van der Waals surface area contributed by atoms with Crippen LogP contribution in [0.25, 0.3) is 11.5 Å². The van der Waals surface area contributed by atoms with Gasteiger partial charge in [-0.25, -0.2) is 8.42 Å². The van der Waals surface area contributed by atoms with Gasteiger partial charge in [0, 0.05) is 29.9 Å². The molecule has 0 radical (unpaired) electrons. The molecule has 3 aromatic rings. The molecule has 10 heteroatoms. The SMILES string of the molecule is CCN(CC)S(=O)(=O)c1cc(C(=O)Nc2cc(-c3nnco3)ccc2C)ccc1Cl. The summed E-state index contributed by atoms with van der Waals surface area (Å²) in [6.45, 7) is 5.92. The molecule has 0 unspecified atom stereocenters. The van der Waals surface area contributed by atoms with E-state index in [-0.39, 0.29) is 15.5 Å². The Balaban J connectivity index is 1.93. The van der Waals surface area contributed by atoms with Crippen molar-refractivity contribution in [2.24, 2.45) is 0 Å². The maximum Gasteiger partial charge on any atom is 0.255 e. The van der Waals surface area contributed by atoms with E-state index in [1.807, 2.05) is 13.0 Å². The zero-order valence-electron chi connectivity index (χ0n) is 16.7. The molecule has 0 saturated heterocycles. The fraction of sp³-hybridized carbons (Fsp3) is 0.250. The zero-order chi connectivity index (χ0) is 21.9. The van der Waals surface area contributed by atoms with Gasteiger partial charge in [-0.1, -0.05) is 31.5 Å². The van der Waals surface area contributed by atoms with Crippen molar-refractivity contribution in [3.63, 3.8) is 0 Å². The lowest BCUT2D eigenvalue weighted by Gasteiger charge is -2.19. The first-order valence-electron chi connectivity index (χ1n) is 9.26. The van der Waals surface area contributed by atoms with Crippen LogP contribution in [0, 0.1) is 6.92 Å². The molecule has 30 heavy (non-hydrogen) atoms. The van der Waals surface area contributed by atoms with Gasteiger partial charge in [0.05, 0.1) is 5.02 Å². The van der Waals surface area contributed by atoms with E-state index in [1.165, 1.54) is 28.9 Å². The molecule has 0 aliphatic heterocycles. The maximum absolute atomic E-state index is 12.9. The largest absolute Gasteiger partial charge is 0.423 e. The molecule has 3 rings (SSSR count). The van der Waals surface area contributed by atoms with Crippen molar-refractivity contribution >= 4 is 33.2 Å². The number of rotatable bonds is 7. The van der Waals surface area contributed by atoms with Crippen LogP contribution in [0.2, 0.25) is 5.02 Å². The van der Waals surface area contributed by atoms with Crippen molar-refractivity contribution in [2.75, 3.05) is 18.4 Å². The van der Waals surface area contributed by atoms with E-state index in [4.69, 9.17) is 16.0 Å².